The summed E-state index contributed by atoms with van der Waals surface area (Å²) in [6, 6.07) is 12.3. The van der Waals surface area contributed by atoms with E-state index in [1.54, 1.807) is 29.2 Å². The molecule has 1 fully saturated rings. The first kappa shape index (κ1) is 15.9. The number of rotatable bonds is 3. The number of nitro groups is 1. The number of nitrogens with zero attached hydrogens (tertiary/aromatic N) is 3. The summed E-state index contributed by atoms with van der Waals surface area (Å²) in [6.07, 6.45) is 0. The first-order chi connectivity index (χ1) is 11.6. The van der Waals surface area contributed by atoms with Crippen LogP contribution in [0.3, 0.4) is 0 Å². The van der Waals surface area contributed by atoms with E-state index in [-0.39, 0.29) is 17.2 Å². The minimum atomic E-state index is -0.524. The van der Waals surface area contributed by atoms with Crippen LogP contribution in [-0.4, -0.2) is 41.9 Å². The molecule has 0 N–H and O–H groups in total. The normalized spacial score (nSPS) is 14.5. The summed E-state index contributed by atoms with van der Waals surface area (Å²) in [5, 5.41) is 10.9. The third-order valence-corrected chi connectivity index (χ3v) is 4.08. The van der Waals surface area contributed by atoms with Crippen molar-refractivity contribution < 1.29 is 14.1 Å². The van der Waals surface area contributed by atoms with Gasteiger partial charge in [0.15, 0.2) is 0 Å². The third-order valence-electron chi connectivity index (χ3n) is 4.08. The third kappa shape index (κ3) is 3.19. The van der Waals surface area contributed by atoms with E-state index in [4.69, 9.17) is 0 Å². The molecule has 0 saturated carbocycles. The highest BCUT2D eigenvalue weighted by Crippen LogP contribution is 2.22. The molecule has 0 unspecified atom stereocenters. The van der Waals surface area contributed by atoms with Crippen molar-refractivity contribution in [1.82, 2.24) is 4.90 Å². The average Bonchev–Trinajstić information content (AvgIpc) is 2.62. The van der Waals surface area contributed by atoms with Crippen LogP contribution in [0, 0.1) is 15.9 Å². The van der Waals surface area contributed by atoms with Crippen LogP contribution in [0.15, 0.2) is 48.5 Å². The zero-order chi connectivity index (χ0) is 17.1. The number of benzene rings is 2. The predicted octanol–water partition coefficient (Wildman–Crippen LogP) is 2.70. The lowest BCUT2D eigenvalue weighted by atomic mass is 10.1. The number of non-ortho nitro benzene ring substituents is 1. The zero-order valence-electron chi connectivity index (χ0n) is 12.9. The van der Waals surface area contributed by atoms with Gasteiger partial charge in [0, 0.05) is 44.0 Å². The number of amides is 1. The Labute approximate surface area is 138 Å². The summed E-state index contributed by atoms with van der Waals surface area (Å²) in [4.78, 5) is 26.4. The molecule has 1 aliphatic rings. The van der Waals surface area contributed by atoms with Gasteiger partial charge < -0.3 is 9.80 Å². The molecule has 2 aromatic carbocycles. The maximum absolute atomic E-state index is 13.7. The van der Waals surface area contributed by atoms with Crippen molar-refractivity contribution in [1.29, 1.82) is 0 Å². The van der Waals surface area contributed by atoms with E-state index in [0.717, 1.165) is 5.69 Å². The molecule has 1 saturated heterocycles. The van der Waals surface area contributed by atoms with Crippen LogP contribution in [0.2, 0.25) is 0 Å². The van der Waals surface area contributed by atoms with Gasteiger partial charge in [-0.25, -0.2) is 4.39 Å². The molecule has 0 spiro atoms. The van der Waals surface area contributed by atoms with Crippen molar-refractivity contribution in [3.05, 3.63) is 70.0 Å². The molecule has 124 valence electrons. The minimum absolute atomic E-state index is 0.0392. The van der Waals surface area contributed by atoms with Gasteiger partial charge in [0.1, 0.15) is 5.82 Å². The van der Waals surface area contributed by atoms with Crippen molar-refractivity contribution in [2.24, 2.45) is 0 Å². The molecular weight excluding hydrogens is 313 g/mol. The number of piperazine rings is 1. The van der Waals surface area contributed by atoms with Crippen molar-refractivity contribution >= 4 is 17.3 Å². The van der Waals surface area contributed by atoms with Crippen molar-refractivity contribution in [3.63, 3.8) is 0 Å². The van der Waals surface area contributed by atoms with Crippen molar-refractivity contribution in [2.45, 2.75) is 0 Å². The largest absolute Gasteiger partial charge is 0.368 e. The Bertz CT molecular complexity index is 773. The fourth-order valence-electron chi connectivity index (χ4n) is 2.78. The molecular formula is C17H16FN3O3. The molecule has 0 bridgehead atoms. The molecule has 3 rings (SSSR count). The lowest BCUT2D eigenvalue weighted by molar-refractivity contribution is -0.384. The van der Waals surface area contributed by atoms with Crippen LogP contribution >= 0.6 is 0 Å². The Morgan fingerprint density at radius 2 is 1.75 bits per heavy atom. The van der Waals surface area contributed by atoms with Gasteiger partial charge in [0.2, 0.25) is 0 Å². The van der Waals surface area contributed by atoms with Gasteiger partial charge in [0.05, 0.1) is 10.5 Å². The van der Waals surface area contributed by atoms with E-state index in [1.165, 1.54) is 24.3 Å². The molecule has 24 heavy (non-hydrogen) atoms. The van der Waals surface area contributed by atoms with Gasteiger partial charge in [-0.05, 0) is 18.2 Å². The fourth-order valence-corrected chi connectivity index (χ4v) is 2.78. The van der Waals surface area contributed by atoms with Gasteiger partial charge in [-0.1, -0.05) is 18.2 Å². The highest BCUT2D eigenvalue weighted by atomic mass is 19.1. The second-order valence-electron chi connectivity index (χ2n) is 5.54. The molecule has 7 heteroatoms. The number of hydrogen-bond donors (Lipinski definition) is 0. The van der Waals surface area contributed by atoms with E-state index < -0.39 is 10.7 Å². The van der Waals surface area contributed by atoms with Gasteiger partial charge >= 0.3 is 0 Å². The molecule has 1 aliphatic heterocycles. The second-order valence-corrected chi connectivity index (χ2v) is 5.54. The maximum atomic E-state index is 13.7. The Kier molecular flexibility index (Phi) is 4.41. The summed E-state index contributed by atoms with van der Waals surface area (Å²) in [5.41, 5.74) is 0.862. The fraction of sp³-hybridized carbons (Fsp3) is 0.235. The minimum Gasteiger partial charge on any atom is -0.368 e. The number of hydrogen-bond acceptors (Lipinski definition) is 4. The van der Waals surface area contributed by atoms with E-state index in [0.29, 0.717) is 26.2 Å². The lowest BCUT2D eigenvalue weighted by Crippen LogP contribution is -2.49. The Hall–Kier alpha value is -2.96. The zero-order valence-corrected chi connectivity index (χ0v) is 12.9. The van der Waals surface area contributed by atoms with E-state index >= 15 is 0 Å². The Balaban J connectivity index is 1.68. The standard InChI is InChI=1S/C17H16FN3O3/c18-16-7-2-1-6-15(16)17(22)20-10-8-19(9-11-20)13-4-3-5-14(12-13)21(23)24/h1-7,12H,8-11H2. The van der Waals surface area contributed by atoms with Crippen LogP contribution in [0.5, 0.6) is 0 Å². The van der Waals surface area contributed by atoms with Gasteiger partial charge in [-0.15, -0.1) is 0 Å². The molecule has 0 aromatic heterocycles. The predicted molar refractivity (Wildman–Crippen MR) is 87.6 cm³/mol. The highest BCUT2D eigenvalue weighted by molar-refractivity contribution is 5.94. The Morgan fingerprint density at radius 1 is 1.04 bits per heavy atom. The maximum Gasteiger partial charge on any atom is 0.271 e. The SMILES string of the molecule is O=C(c1ccccc1F)N1CCN(c2cccc([N+](=O)[O-])c2)CC1. The van der Waals surface area contributed by atoms with Crippen LogP contribution in [-0.2, 0) is 0 Å². The van der Waals surface area contributed by atoms with Gasteiger partial charge in [-0.3, -0.25) is 14.9 Å². The van der Waals surface area contributed by atoms with E-state index in [1.807, 2.05) is 4.90 Å². The van der Waals surface area contributed by atoms with Crippen molar-refractivity contribution in [3.8, 4) is 0 Å². The second kappa shape index (κ2) is 6.66. The van der Waals surface area contributed by atoms with E-state index in [9.17, 15) is 19.3 Å². The number of nitro benzene ring substituents is 1. The van der Waals surface area contributed by atoms with E-state index in [2.05, 4.69) is 0 Å². The van der Waals surface area contributed by atoms with Crippen LogP contribution in [0.4, 0.5) is 15.8 Å². The summed E-state index contributed by atoms with van der Waals surface area (Å²) in [7, 11) is 0. The molecule has 1 amide bonds. The smallest absolute Gasteiger partial charge is 0.271 e. The van der Waals surface area contributed by atoms with Gasteiger partial charge in [0.25, 0.3) is 11.6 Å². The van der Waals surface area contributed by atoms with Crippen LogP contribution in [0.1, 0.15) is 10.4 Å². The Morgan fingerprint density at radius 3 is 2.42 bits per heavy atom. The quantitative estimate of drug-likeness (QED) is 0.641. The first-order valence-electron chi connectivity index (χ1n) is 7.59. The first-order valence-corrected chi connectivity index (χ1v) is 7.59. The summed E-state index contributed by atoms with van der Waals surface area (Å²) in [5.74, 6) is -0.851. The summed E-state index contributed by atoms with van der Waals surface area (Å²) in [6.45, 7) is 1.97. The molecule has 2 aromatic rings. The highest BCUT2D eigenvalue weighted by Gasteiger charge is 2.24. The number of carbonyl (C=O) groups is 1. The lowest BCUT2D eigenvalue weighted by Gasteiger charge is -2.36. The summed E-state index contributed by atoms with van der Waals surface area (Å²) < 4.78 is 13.7. The van der Waals surface area contributed by atoms with Crippen molar-refractivity contribution in [2.75, 3.05) is 31.1 Å². The molecule has 6 nitrogen and oxygen atoms in total. The molecule has 0 radical (unpaired) electrons. The molecule has 0 aliphatic carbocycles. The molecule has 0 atom stereocenters. The number of halogens is 1. The number of anilines is 1. The average molecular weight is 329 g/mol. The van der Waals surface area contributed by atoms with Crippen LogP contribution in [0.25, 0.3) is 0 Å². The van der Waals surface area contributed by atoms with Gasteiger partial charge in [-0.2, -0.15) is 0 Å². The topological polar surface area (TPSA) is 66.7 Å². The monoisotopic (exact) mass is 329 g/mol. The molecule has 1 heterocycles. The number of carbonyl (C=O) groups excluding carboxylic acids is 1. The van der Waals surface area contributed by atoms with Crippen LogP contribution < -0.4 is 4.90 Å². The summed E-state index contributed by atoms with van der Waals surface area (Å²) >= 11 is 0.